The second-order valence-corrected chi connectivity index (χ2v) is 9.84. The first-order valence-electron chi connectivity index (χ1n) is 10.5. The first kappa shape index (κ1) is 20.8. The third-order valence-electron chi connectivity index (χ3n) is 5.82. The van der Waals surface area contributed by atoms with E-state index in [1.807, 2.05) is 36.4 Å². The third kappa shape index (κ3) is 4.04. The second kappa shape index (κ2) is 8.46. The fraction of sp³-hybridized carbons (Fsp3) is 0.208. The normalized spacial score (nSPS) is 15.9. The van der Waals surface area contributed by atoms with Gasteiger partial charge < -0.3 is 4.98 Å². The summed E-state index contributed by atoms with van der Waals surface area (Å²) in [5.41, 5.74) is 2.97. The minimum absolute atomic E-state index is 0.231. The maximum absolute atomic E-state index is 13.9. The van der Waals surface area contributed by atoms with Crippen LogP contribution >= 0.6 is 0 Å². The molecule has 0 unspecified atom stereocenters. The Morgan fingerprint density at radius 1 is 0.906 bits per heavy atom. The number of imidazole rings is 1. The lowest BCUT2D eigenvalue weighted by Crippen LogP contribution is -2.48. The Labute approximate surface area is 186 Å². The molecule has 4 aromatic rings. The standard InChI is InChI=1S/C24H23FN4O2S/c25-21-9-5-4-8-19(21)17-28-12-14-29(15-13-28)32(30,31)20-10-11-22-23(16-20)27-24(26-22)18-6-2-1-3-7-18/h1-11,16H,12-15,17H2,(H,26,27). The third-order valence-corrected chi connectivity index (χ3v) is 7.72. The Balaban J connectivity index is 1.32. The fourth-order valence-corrected chi connectivity index (χ4v) is 5.48. The van der Waals surface area contributed by atoms with Crippen LogP contribution in [0.4, 0.5) is 4.39 Å². The molecule has 1 aromatic heterocycles. The molecule has 0 bridgehead atoms. The lowest BCUT2D eigenvalue weighted by atomic mass is 10.2. The Morgan fingerprint density at radius 3 is 2.38 bits per heavy atom. The van der Waals surface area contributed by atoms with Gasteiger partial charge in [0.05, 0.1) is 15.9 Å². The first-order valence-corrected chi connectivity index (χ1v) is 12.0. The summed E-state index contributed by atoms with van der Waals surface area (Å²) < 4.78 is 41.9. The highest BCUT2D eigenvalue weighted by atomic mass is 32.2. The van der Waals surface area contributed by atoms with Gasteiger partial charge in [-0.1, -0.05) is 48.5 Å². The number of halogens is 1. The van der Waals surface area contributed by atoms with E-state index in [0.717, 1.165) is 11.1 Å². The molecule has 2 heterocycles. The molecule has 0 radical (unpaired) electrons. The van der Waals surface area contributed by atoms with Crippen LogP contribution in [0.5, 0.6) is 0 Å². The zero-order valence-electron chi connectivity index (χ0n) is 17.4. The van der Waals surface area contributed by atoms with Gasteiger partial charge in [0.1, 0.15) is 11.6 Å². The summed E-state index contributed by atoms with van der Waals surface area (Å²) in [6, 6.07) is 21.4. The molecule has 1 aliphatic heterocycles. The van der Waals surface area contributed by atoms with Gasteiger partial charge in [-0.3, -0.25) is 4.90 Å². The molecule has 0 saturated carbocycles. The van der Waals surface area contributed by atoms with Crippen molar-refractivity contribution in [2.75, 3.05) is 26.2 Å². The summed E-state index contributed by atoms with van der Waals surface area (Å²) in [5, 5.41) is 0. The Morgan fingerprint density at radius 2 is 1.62 bits per heavy atom. The number of piperazine rings is 1. The van der Waals surface area contributed by atoms with Crippen molar-refractivity contribution in [3.05, 3.63) is 84.2 Å². The zero-order valence-corrected chi connectivity index (χ0v) is 18.2. The molecule has 32 heavy (non-hydrogen) atoms. The smallest absolute Gasteiger partial charge is 0.243 e. The number of aromatic nitrogens is 2. The van der Waals surface area contributed by atoms with Crippen molar-refractivity contribution in [2.24, 2.45) is 0 Å². The summed E-state index contributed by atoms with van der Waals surface area (Å²) in [7, 11) is -3.63. The van der Waals surface area contributed by atoms with Gasteiger partial charge in [-0.2, -0.15) is 4.31 Å². The minimum Gasteiger partial charge on any atom is -0.338 e. The minimum atomic E-state index is -3.63. The number of aromatic amines is 1. The molecule has 5 rings (SSSR count). The van der Waals surface area contributed by atoms with Crippen LogP contribution < -0.4 is 0 Å². The summed E-state index contributed by atoms with van der Waals surface area (Å²) in [6.45, 7) is 2.32. The Kier molecular flexibility index (Phi) is 5.50. The van der Waals surface area contributed by atoms with E-state index in [9.17, 15) is 12.8 Å². The highest BCUT2D eigenvalue weighted by Crippen LogP contribution is 2.25. The van der Waals surface area contributed by atoms with Gasteiger partial charge in [-0.25, -0.2) is 17.8 Å². The van der Waals surface area contributed by atoms with Gasteiger partial charge >= 0.3 is 0 Å². The first-order chi connectivity index (χ1) is 15.5. The Bertz CT molecular complexity index is 1350. The summed E-state index contributed by atoms with van der Waals surface area (Å²) in [6.07, 6.45) is 0. The lowest BCUT2D eigenvalue weighted by molar-refractivity contribution is 0.180. The molecule has 0 atom stereocenters. The lowest BCUT2D eigenvalue weighted by Gasteiger charge is -2.34. The van der Waals surface area contributed by atoms with Gasteiger partial charge in [0.25, 0.3) is 0 Å². The van der Waals surface area contributed by atoms with Crippen LogP contribution in [0.3, 0.4) is 0 Å². The van der Waals surface area contributed by atoms with Crippen molar-refractivity contribution in [2.45, 2.75) is 11.4 Å². The predicted octanol–water partition coefficient (Wildman–Crippen LogP) is 3.88. The Hall–Kier alpha value is -3.07. The van der Waals surface area contributed by atoms with E-state index >= 15 is 0 Å². The maximum Gasteiger partial charge on any atom is 0.243 e. The molecule has 8 heteroatoms. The molecular weight excluding hydrogens is 427 g/mol. The van der Waals surface area contributed by atoms with E-state index in [2.05, 4.69) is 14.9 Å². The van der Waals surface area contributed by atoms with Gasteiger partial charge in [0.2, 0.25) is 10.0 Å². The van der Waals surface area contributed by atoms with Gasteiger partial charge in [-0.15, -0.1) is 0 Å². The zero-order chi connectivity index (χ0) is 22.1. The number of rotatable bonds is 5. The van der Waals surface area contributed by atoms with Crippen LogP contribution in [-0.2, 0) is 16.6 Å². The summed E-state index contributed by atoms with van der Waals surface area (Å²) in [4.78, 5) is 10.1. The molecule has 0 aliphatic carbocycles. The molecular formula is C24H23FN4O2S. The monoisotopic (exact) mass is 450 g/mol. The van der Waals surface area contributed by atoms with E-state index in [-0.39, 0.29) is 10.7 Å². The number of hydrogen-bond acceptors (Lipinski definition) is 4. The second-order valence-electron chi connectivity index (χ2n) is 7.90. The van der Waals surface area contributed by atoms with Crippen LogP contribution in [-0.4, -0.2) is 53.8 Å². The largest absolute Gasteiger partial charge is 0.338 e. The summed E-state index contributed by atoms with van der Waals surface area (Å²) >= 11 is 0. The van der Waals surface area contributed by atoms with Crippen LogP contribution in [0.2, 0.25) is 0 Å². The van der Waals surface area contributed by atoms with Crippen LogP contribution in [0.25, 0.3) is 22.4 Å². The molecule has 0 spiro atoms. The molecule has 1 saturated heterocycles. The molecule has 0 amide bonds. The average Bonchev–Trinajstić information content (AvgIpc) is 3.25. The number of benzene rings is 3. The highest BCUT2D eigenvalue weighted by molar-refractivity contribution is 7.89. The van der Waals surface area contributed by atoms with Crippen LogP contribution in [0, 0.1) is 5.82 Å². The quantitative estimate of drug-likeness (QED) is 0.501. The molecule has 1 N–H and O–H groups in total. The van der Waals surface area contributed by atoms with Gasteiger partial charge in [0.15, 0.2) is 0 Å². The van der Waals surface area contributed by atoms with Crippen molar-refractivity contribution in [3.63, 3.8) is 0 Å². The van der Waals surface area contributed by atoms with Crippen molar-refractivity contribution < 1.29 is 12.8 Å². The topological polar surface area (TPSA) is 69.3 Å². The highest BCUT2D eigenvalue weighted by Gasteiger charge is 2.29. The molecule has 1 aliphatic rings. The molecule has 164 valence electrons. The van der Waals surface area contributed by atoms with E-state index in [4.69, 9.17) is 0 Å². The van der Waals surface area contributed by atoms with Gasteiger partial charge in [-0.05, 0) is 24.3 Å². The fourth-order valence-electron chi connectivity index (χ4n) is 4.03. The number of nitrogens with zero attached hydrogens (tertiary/aromatic N) is 3. The van der Waals surface area contributed by atoms with E-state index in [0.29, 0.717) is 49.6 Å². The SMILES string of the molecule is O=S(=O)(c1ccc2nc(-c3ccccc3)[nH]c2c1)N1CCN(Cc2ccccc2F)CC1. The summed E-state index contributed by atoms with van der Waals surface area (Å²) in [5.74, 6) is 0.474. The van der Waals surface area contributed by atoms with Crippen LogP contribution in [0.15, 0.2) is 77.7 Å². The van der Waals surface area contributed by atoms with Crippen molar-refractivity contribution in [1.82, 2.24) is 19.2 Å². The number of sulfonamides is 1. The molecule has 3 aromatic carbocycles. The average molecular weight is 451 g/mol. The van der Waals surface area contributed by atoms with E-state index in [1.165, 1.54) is 10.4 Å². The number of H-pyrrole nitrogens is 1. The maximum atomic E-state index is 13.9. The van der Waals surface area contributed by atoms with Crippen molar-refractivity contribution >= 4 is 21.1 Å². The van der Waals surface area contributed by atoms with Crippen LogP contribution in [0.1, 0.15) is 5.56 Å². The molecule has 6 nitrogen and oxygen atoms in total. The predicted molar refractivity (Wildman–Crippen MR) is 122 cm³/mol. The number of fused-ring (bicyclic) bond motifs is 1. The molecule has 1 fully saturated rings. The van der Waals surface area contributed by atoms with Crippen molar-refractivity contribution in [3.8, 4) is 11.4 Å². The number of hydrogen-bond donors (Lipinski definition) is 1. The number of nitrogens with one attached hydrogen (secondary N) is 1. The van der Waals surface area contributed by atoms with E-state index < -0.39 is 10.0 Å². The van der Waals surface area contributed by atoms with Gasteiger partial charge in [0, 0.05) is 43.9 Å². The van der Waals surface area contributed by atoms with E-state index in [1.54, 1.807) is 30.3 Å². The van der Waals surface area contributed by atoms with Crippen molar-refractivity contribution in [1.29, 1.82) is 0 Å².